The van der Waals surface area contributed by atoms with Gasteiger partial charge in [-0.25, -0.2) is 9.97 Å². The van der Waals surface area contributed by atoms with Crippen molar-refractivity contribution >= 4 is 23.6 Å². The maximum Gasteiger partial charge on any atom is 0.257 e. The number of carbonyl (C=O) groups is 4. The summed E-state index contributed by atoms with van der Waals surface area (Å²) in [5.41, 5.74) is 0.285. The smallest absolute Gasteiger partial charge is 0.257 e. The van der Waals surface area contributed by atoms with Gasteiger partial charge in [0.15, 0.2) is 0 Å². The molecule has 10 nitrogen and oxygen atoms in total. The van der Waals surface area contributed by atoms with Gasteiger partial charge in [0, 0.05) is 37.9 Å². The van der Waals surface area contributed by atoms with Gasteiger partial charge in [0.2, 0.25) is 17.7 Å². The molecular weight excluding hydrogens is 412 g/mol. The van der Waals surface area contributed by atoms with Crippen molar-refractivity contribution in [1.82, 2.24) is 30.4 Å². The van der Waals surface area contributed by atoms with Crippen molar-refractivity contribution in [1.29, 1.82) is 0 Å². The van der Waals surface area contributed by atoms with Gasteiger partial charge in [-0.15, -0.1) is 0 Å². The molecule has 3 heterocycles. The first-order valence-electron chi connectivity index (χ1n) is 11.5. The van der Waals surface area contributed by atoms with Gasteiger partial charge < -0.3 is 20.4 Å². The Morgan fingerprint density at radius 2 is 1.75 bits per heavy atom. The van der Waals surface area contributed by atoms with Crippen LogP contribution in [0.3, 0.4) is 0 Å². The molecule has 0 radical (unpaired) electrons. The number of piperidine rings is 1. The molecule has 2 aliphatic heterocycles. The summed E-state index contributed by atoms with van der Waals surface area (Å²) in [5, 5.41) is 5.55. The summed E-state index contributed by atoms with van der Waals surface area (Å²) in [6.45, 7) is 1.33. The van der Waals surface area contributed by atoms with Crippen LogP contribution in [0.5, 0.6) is 0 Å². The summed E-state index contributed by atoms with van der Waals surface area (Å²) in [7, 11) is 0. The normalized spacial score (nSPS) is 24.6. The second-order valence-electron chi connectivity index (χ2n) is 8.76. The molecule has 172 valence electrons. The van der Waals surface area contributed by atoms with Gasteiger partial charge in [-0.2, -0.15) is 0 Å². The summed E-state index contributed by atoms with van der Waals surface area (Å²) < 4.78 is 0. The topological polar surface area (TPSA) is 125 Å². The number of hydrogen-bond donors (Lipinski definition) is 2. The molecule has 4 amide bonds. The number of aromatic nitrogens is 2. The second kappa shape index (κ2) is 10.1. The zero-order chi connectivity index (χ0) is 22.5. The van der Waals surface area contributed by atoms with Gasteiger partial charge in [0.25, 0.3) is 5.91 Å². The Labute approximate surface area is 187 Å². The molecule has 2 N–H and O–H groups in total. The Bertz CT molecular complexity index is 857. The molecule has 1 aliphatic carbocycles. The van der Waals surface area contributed by atoms with E-state index < -0.39 is 18.0 Å². The van der Waals surface area contributed by atoms with Crippen LogP contribution in [0.4, 0.5) is 0 Å². The summed E-state index contributed by atoms with van der Waals surface area (Å²) >= 11 is 0. The molecule has 0 spiro atoms. The van der Waals surface area contributed by atoms with E-state index in [0.717, 1.165) is 38.5 Å². The zero-order valence-electron chi connectivity index (χ0n) is 18.2. The van der Waals surface area contributed by atoms with Crippen molar-refractivity contribution in [3.05, 3.63) is 24.3 Å². The summed E-state index contributed by atoms with van der Waals surface area (Å²) in [5.74, 6) is -0.943. The molecule has 0 aromatic carbocycles. The van der Waals surface area contributed by atoms with E-state index in [1.54, 1.807) is 4.90 Å². The van der Waals surface area contributed by atoms with Crippen molar-refractivity contribution in [2.24, 2.45) is 5.92 Å². The van der Waals surface area contributed by atoms with Crippen LogP contribution in [-0.4, -0.2) is 81.7 Å². The fourth-order valence-corrected chi connectivity index (χ4v) is 4.81. The fraction of sp³-hybridized carbons (Fsp3) is 0.636. The maximum absolute atomic E-state index is 13.2. The molecule has 3 aliphatic rings. The first-order chi connectivity index (χ1) is 15.5. The van der Waals surface area contributed by atoms with Crippen LogP contribution >= 0.6 is 0 Å². The monoisotopic (exact) mass is 442 g/mol. The van der Waals surface area contributed by atoms with E-state index in [4.69, 9.17) is 0 Å². The number of hydrogen-bond acceptors (Lipinski definition) is 6. The van der Waals surface area contributed by atoms with Gasteiger partial charge in [-0.05, 0) is 25.7 Å². The number of carbonyl (C=O) groups excluding carboxylic acids is 4. The summed E-state index contributed by atoms with van der Waals surface area (Å²) in [6, 6.07) is -1.50. The fourth-order valence-electron chi connectivity index (χ4n) is 4.81. The minimum atomic E-state index is -0.876. The van der Waals surface area contributed by atoms with Crippen molar-refractivity contribution in [2.45, 2.75) is 57.0 Å². The zero-order valence-corrected chi connectivity index (χ0v) is 18.2. The predicted octanol–water partition coefficient (Wildman–Crippen LogP) is 0.105. The maximum atomic E-state index is 13.2. The first kappa shape index (κ1) is 22.2. The number of piperazine rings is 1. The molecule has 1 aromatic heterocycles. The highest BCUT2D eigenvalue weighted by Gasteiger charge is 2.40. The van der Waals surface area contributed by atoms with E-state index in [0.29, 0.717) is 19.5 Å². The third-order valence-corrected chi connectivity index (χ3v) is 6.62. The first-order valence-corrected chi connectivity index (χ1v) is 11.5. The van der Waals surface area contributed by atoms with Crippen LogP contribution in [0.15, 0.2) is 18.7 Å². The lowest BCUT2D eigenvalue weighted by atomic mass is 9.88. The van der Waals surface area contributed by atoms with Gasteiger partial charge >= 0.3 is 0 Å². The lowest BCUT2D eigenvalue weighted by Crippen LogP contribution is -2.64. The third-order valence-electron chi connectivity index (χ3n) is 6.62. The Morgan fingerprint density at radius 1 is 1.00 bits per heavy atom. The van der Waals surface area contributed by atoms with Gasteiger partial charge in [-0.1, -0.05) is 19.3 Å². The lowest BCUT2D eigenvalue weighted by Gasteiger charge is -2.42. The number of nitrogens with one attached hydrogen (secondary N) is 2. The Balaban J connectivity index is 1.51. The molecule has 1 aromatic rings. The molecule has 2 atom stereocenters. The van der Waals surface area contributed by atoms with Crippen LogP contribution in [-0.2, 0) is 14.4 Å². The van der Waals surface area contributed by atoms with E-state index in [1.807, 2.05) is 0 Å². The number of nitrogens with zero attached hydrogens (tertiary/aromatic N) is 4. The van der Waals surface area contributed by atoms with Crippen molar-refractivity contribution in [3.8, 4) is 0 Å². The van der Waals surface area contributed by atoms with Gasteiger partial charge in [0.05, 0.1) is 12.1 Å². The molecular formula is C22H30N6O4. The summed E-state index contributed by atoms with van der Waals surface area (Å²) in [4.78, 5) is 62.6. The highest BCUT2D eigenvalue weighted by atomic mass is 16.2. The van der Waals surface area contributed by atoms with E-state index in [2.05, 4.69) is 20.6 Å². The van der Waals surface area contributed by atoms with Crippen LogP contribution in [0.1, 0.15) is 55.3 Å². The lowest BCUT2D eigenvalue weighted by molar-refractivity contribution is -0.142. The molecule has 4 rings (SSSR count). The Hall–Kier alpha value is -3.04. The average molecular weight is 443 g/mol. The largest absolute Gasteiger partial charge is 0.354 e. The van der Waals surface area contributed by atoms with Crippen molar-refractivity contribution < 1.29 is 19.2 Å². The van der Waals surface area contributed by atoms with Crippen LogP contribution in [0, 0.1) is 5.92 Å². The Morgan fingerprint density at radius 3 is 2.47 bits per heavy atom. The molecule has 3 fully saturated rings. The predicted molar refractivity (Wildman–Crippen MR) is 114 cm³/mol. The van der Waals surface area contributed by atoms with E-state index in [1.165, 1.54) is 23.6 Å². The molecule has 0 unspecified atom stereocenters. The highest BCUT2D eigenvalue weighted by Crippen LogP contribution is 2.27. The van der Waals surface area contributed by atoms with E-state index in [9.17, 15) is 19.2 Å². The number of amides is 4. The van der Waals surface area contributed by atoms with Crippen molar-refractivity contribution in [2.75, 3.05) is 26.2 Å². The van der Waals surface area contributed by atoms with Crippen molar-refractivity contribution in [3.63, 3.8) is 0 Å². The minimum Gasteiger partial charge on any atom is -0.354 e. The highest BCUT2D eigenvalue weighted by molar-refractivity contribution is 5.98. The molecule has 10 heteroatoms. The van der Waals surface area contributed by atoms with Gasteiger partial charge in [0.1, 0.15) is 18.4 Å². The standard InChI is InChI=1S/C22H30N6O4/c29-19-17(7-4-8-25-19)26-20(30)18-13-27(21(31)15-5-2-1-3-6-15)9-10-28(18)22(32)16-11-23-14-24-12-16/h11-12,14-15,17-18H,1-10,13H2,(H,25,29)(H,26,30)/t17-,18-/m1/s1. The molecule has 1 saturated carbocycles. The second-order valence-corrected chi connectivity index (χ2v) is 8.76. The Kier molecular flexibility index (Phi) is 6.96. The molecule has 2 saturated heterocycles. The SMILES string of the molecule is O=C(N[C@@H]1CCCNC1=O)[C@H]1CN(C(=O)C2CCCCC2)CCN1C(=O)c1cncnc1. The van der Waals surface area contributed by atoms with E-state index >= 15 is 0 Å². The van der Waals surface area contributed by atoms with Crippen LogP contribution in [0.2, 0.25) is 0 Å². The summed E-state index contributed by atoms with van der Waals surface area (Å²) in [6.07, 6.45) is 10.5. The quantitative estimate of drug-likeness (QED) is 0.682. The van der Waals surface area contributed by atoms with Crippen LogP contribution in [0.25, 0.3) is 0 Å². The molecule has 0 bridgehead atoms. The van der Waals surface area contributed by atoms with E-state index in [-0.39, 0.29) is 42.3 Å². The average Bonchev–Trinajstić information content (AvgIpc) is 2.85. The van der Waals surface area contributed by atoms with Crippen LogP contribution < -0.4 is 10.6 Å². The molecule has 32 heavy (non-hydrogen) atoms. The van der Waals surface area contributed by atoms with Gasteiger partial charge in [-0.3, -0.25) is 19.2 Å². The minimum absolute atomic E-state index is 0.0126. The number of rotatable bonds is 4. The third kappa shape index (κ3) is 4.89.